The summed E-state index contributed by atoms with van der Waals surface area (Å²) in [5.74, 6) is 0.624. The van der Waals surface area contributed by atoms with Crippen LogP contribution in [0, 0.1) is 13.8 Å². The maximum absolute atomic E-state index is 11.8. The van der Waals surface area contributed by atoms with Crippen molar-refractivity contribution in [3.05, 3.63) is 46.7 Å². The van der Waals surface area contributed by atoms with Gasteiger partial charge in [0, 0.05) is 12.8 Å². The zero-order chi connectivity index (χ0) is 11.5. The van der Waals surface area contributed by atoms with Crippen molar-refractivity contribution >= 4 is 5.78 Å². The fourth-order valence-corrected chi connectivity index (χ4v) is 1.80. The molecule has 0 atom stereocenters. The summed E-state index contributed by atoms with van der Waals surface area (Å²) in [5, 5.41) is 0. The second-order valence-corrected chi connectivity index (χ2v) is 4.22. The van der Waals surface area contributed by atoms with Crippen molar-refractivity contribution in [2.45, 2.75) is 26.7 Å². The molecule has 1 aromatic carbocycles. The molecule has 0 N–H and O–H groups in total. The Labute approximate surface area is 95.9 Å². The molecule has 0 unspecified atom stereocenters. The van der Waals surface area contributed by atoms with Crippen molar-refractivity contribution in [2.24, 2.45) is 0 Å². The number of ketones is 1. The van der Waals surface area contributed by atoms with Gasteiger partial charge in [-0.25, -0.2) is 0 Å². The topological polar surface area (TPSA) is 26.3 Å². The molecule has 0 bridgehead atoms. The summed E-state index contributed by atoms with van der Waals surface area (Å²) in [6, 6.07) is 6.14. The molecule has 0 aromatic heterocycles. The molecule has 2 rings (SSSR count). The number of carbonyl (C=O) groups is 1. The first kappa shape index (κ1) is 10.9. The number of hydrogen-bond donors (Lipinski definition) is 0. The lowest BCUT2D eigenvalue weighted by atomic mass is 10.0. The molecular formula is C14H16O2. The number of rotatable bonds is 3. The number of ether oxygens (including phenoxy) is 1. The van der Waals surface area contributed by atoms with Gasteiger partial charge in [-0.3, -0.25) is 4.79 Å². The van der Waals surface area contributed by atoms with E-state index < -0.39 is 0 Å². The lowest BCUT2D eigenvalue weighted by molar-refractivity contribution is -0.117. The van der Waals surface area contributed by atoms with Gasteiger partial charge in [0.15, 0.2) is 5.76 Å². The largest absolute Gasteiger partial charge is 0.490 e. The highest BCUT2D eigenvalue weighted by Crippen LogP contribution is 2.15. The first-order valence-corrected chi connectivity index (χ1v) is 5.59. The fraction of sp³-hybridized carbons (Fsp3) is 0.357. The van der Waals surface area contributed by atoms with Crippen molar-refractivity contribution in [1.82, 2.24) is 0 Å². The van der Waals surface area contributed by atoms with Crippen LogP contribution in [0.3, 0.4) is 0 Å². The third-order valence-corrected chi connectivity index (χ3v) is 2.92. The maximum Gasteiger partial charge on any atom is 0.201 e. The lowest BCUT2D eigenvalue weighted by Gasteiger charge is -2.05. The van der Waals surface area contributed by atoms with Crippen molar-refractivity contribution in [3.8, 4) is 0 Å². The first-order valence-electron chi connectivity index (χ1n) is 5.59. The Morgan fingerprint density at radius 2 is 2.12 bits per heavy atom. The predicted molar refractivity (Wildman–Crippen MR) is 63.3 cm³/mol. The van der Waals surface area contributed by atoms with Crippen LogP contribution in [0.2, 0.25) is 0 Å². The minimum absolute atomic E-state index is 0.0840. The van der Waals surface area contributed by atoms with Crippen LogP contribution < -0.4 is 0 Å². The lowest BCUT2D eigenvalue weighted by Crippen LogP contribution is -2.07. The Morgan fingerprint density at radius 3 is 2.75 bits per heavy atom. The standard InChI is InChI=1S/C14H16O2/c1-10-5-6-12(8-11(10)2)9-13(15)14-4-3-7-16-14/h4-6,8H,3,7,9H2,1-2H3. The van der Waals surface area contributed by atoms with Gasteiger partial charge in [0.2, 0.25) is 5.78 Å². The highest BCUT2D eigenvalue weighted by atomic mass is 16.5. The number of Topliss-reactive ketones (excluding diaryl/α,β-unsaturated/α-hetero) is 1. The fourth-order valence-electron chi connectivity index (χ4n) is 1.80. The minimum Gasteiger partial charge on any atom is -0.490 e. The van der Waals surface area contributed by atoms with Gasteiger partial charge in [-0.05, 0) is 36.6 Å². The zero-order valence-electron chi connectivity index (χ0n) is 9.75. The Balaban J connectivity index is 2.08. The van der Waals surface area contributed by atoms with E-state index in [1.165, 1.54) is 11.1 Å². The van der Waals surface area contributed by atoms with Crippen molar-refractivity contribution in [1.29, 1.82) is 0 Å². The van der Waals surface area contributed by atoms with Gasteiger partial charge < -0.3 is 4.74 Å². The van der Waals surface area contributed by atoms with Gasteiger partial charge in [0.25, 0.3) is 0 Å². The zero-order valence-corrected chi connectivity index (χ0v) is 9.75. The summed E-state index contributed by atoms with van der Waals surface area (Å²) >= 11 is 0. The van der Waals surface area contributed by atoms with Crippen LogP contribution >= 0.6 is 0 Å². The maximum atomic E-state index is 11.8. The summed E-state index contributed by atoms with van der Waals surface area (Å²) in [6.45, 7) is 4.78. The second-order valence-electron chi connectivity index (χ2n) is 4.22. The van der Waals surface area contributed by atoms with Crippen molar-refractivity contribution in [3.63, 3.8) is 0 Å². The molecule has 0 fully saturated rings. The van der Waals surface area contributed by atoms with E-state index in [4.69, 9.17) is 4.74 Å². The number of allylic oxidation sites excluding steroid dienone is 1. The van der Waals surface area contributed by atoms with E-state index in [1.54, 1.807) is 0 Å². The van der Waals surface area contributed by atoms with E-state index in [1.807, 2.05) is 12.1 Å². The monoisotopic (exact) mass is 216 g/mol. The van der Waals surface area contributed by atoms with E-state index in [9.17, 15) is 4.79 Å². The Hall–Kier alpha value is -1.57. The SMILES string of the molecule is Cc1ccc(CC(=O)C2=CCCO2)cc1C. The molecule has 0 saturated heterocycles. The molecule has 16 heavy (non-hydrogen) atoms. The molecule has 0 radical (unpaired) electrons. The highest BCUT2D eigenvalue weighted by Gasteiger charge is 2.15. The quantitative estimate of drug-likeness (QED) is 0.776. The second kappa shape index (κ2) is 4.52. The summed E-state index contributed by atoms with van der Waals surface area (Å²) < 4.78 is 5.25. The molecule has 1 heterocycles. The molecule has 84 valence electrons. The smallest absolute Gasteiger partial charge is 0.201 e. The molecule has 0 amide bonds. The number of hydrogen-bond acceptors (Lipinski definition) is 2. The summed E-state index contributed by atoms with van der Waals surface area (Å²) in [7, 11) is 0. The van der Waals surface area contributed by atoms with Gasteiger partial charge in [-0.15, -0.1) is 0 Å². The van der Waals surface area contributed by atoms with E-state index in [2.05, 4.69) is 26.0 Å². The van der Waals surface area contributed by atoms with Crippen molar-refractivity contribution in [2.75, 3.05) is 6.61 Å². The van der Waals surface area contributed by atoms with Crippen LogP contribution in [0.5, 0.6) is 0 Å². The number of benzene rings is 1. The highest BCUT2D eigenvalue weighted by molar-refractivity contribution is 5.95. The van der Waals surface area contributed by atoms with Gasteiger partial charge in [-0.1, -0.05) is 18.2 Å². The van der Waals surface area contributed by atoms with Gasteiger partial charge in [0.1, 0.15) is 0 Å². The summed E-state index contributed by atoms with van der Waals surface area (Å²) in [5.41, 5.74) is 3.55. The van der Waals surface area contributed by atoms with Crippen LogP contribution in [0.1, 0.15) is 23.1 Å². The minimum atomic E-state index is 0.0840. The Bertz CT molecular complexity index is 444. The van der Waals surface area contributed by atoms with Crippen molar-refractivity contribution < 1.29 is 9.53 Å². The molecule has 2 nitrogen and oxygen atoms in total. The predicted octanol–water partition coefficient (Wildman–Crippen LogP) is 2.72. The Kier molecular flexibility index (Phi) is 3.09. The van der Waals surface area contributed by atoms with Crippen LogP contribution in [0.25, 0.3) is 0 Å². The van der Waals surface area contributed by atoms with E-state index in [0.717, 1.165) is 12.0 Å². The molecule has 0 saturated carbocycles. The first-order chi connectivity index (χ1) is 7.66. The molecular weight excluding hydrogens is 200 g/mol. The normalized spacial score (nSPS) is 14.5. The summed E-state index contributed by atoms with van der Waals surface area (Å²) in [6.07, 6.45) is 3.17. The molecule has 0 aliphatic carbocycles. The molecule has 2 heteroatoms. The molecule has 1 aliphatic rings. The number of carbonyl (C=O) groups excluding carboxylic acids is 1. The van der Waals surface area contributed by atoms with Gasteiger partial charge >= 0.3 is 0 Å². The third kappa shape index (κ3) is 2.32. The third-order valence-electron chi connectivity index (χ3n) is 2.92. The van der Waals surface area contributed by atoms with Gasteiger partial charge in [-0.2, -0.15) is 0 Å². The molecule has 1 aromatic rings. The Morgan fingerprint density at radius 1 is 1.31 bits per heavy atom. The average Bonchev–Trinajstić information content (AvgIpc) is 2.77. The van der Waals surface area contributed by atoms with Crippen LogP contribution in [0.4, 0.5) is 0 Å². The van der Waals surface area contributed by atoms with Crippen LogP contribution in [0.15, 0.2) is 30.0 Å². The average molecular weight is 216 g/mol. The molecule has 0 spiro atoms. The van der Waals surface area contributed by atoms with Crippen LogP contribution in [-0.4, -0.2) is 12.4 Å². The summed E-state index contributed by atoms with van der Waals surface area (Å²) in [4.78, 5) is 11.8. The number of aryl methyl sites for hydroxylation is 2. The van der Waals surface area contributed by atoms with E-state index in [-0.39, 0.29) is 5.78 Å². The molecule has 1 aliphatic heterocycles. The van der Waals surface area contributed by atoms with E-state index in [0.29, 0.717) is 18.8 Å². The van der Waals surface area contributed by atoms with Crippen LogP contribution in [-0.2, 0) is 16.0 Å². The van der Waals surface area contributed by atoms with Gasteiger partial charge in [0.05, 0.1) is 6.61 Å². The van der Waals surface area contributed by atoms with E-state index >= 15 is 0 Å².